The molecule has 6 nitrogen and oxygen atoms in total. The summed E-state index contributed by atoms with van der Waals surface area (Å²) in [6.45, 7) is 10.7. The Morgan fingerprint density at radius 2 is 2.08 bits per heavy atom. The van der Waals surface area contributed by atoms with Gasteiger partial charge in [0, 0.05) is 32.0 Å². The van der Waals surface area contributed by atoms with Crippen molar-refractivity contribution in [2.45, 2.75) is 40.2 Å². The van der Waals surface area contributed by atoms with E-state index in [-0.39, 0.29) is 24.7 Å². The Bertz CT molecular complexity index is 680. The van der Waals surface area contributed by atoms with Crippen molar-refractivity contribution in [3.8, 4) is 0 Å². The van der Waals surface area contributed by atoms with E-state index in [2.05, 4.69) is 6.58 Å². The van der Waals surface area contributed by atoms with E-state index >= 15 is 0 Å². The fourth-order valence-electron chi connectivity index (χ4n) is 2.68. The van der Waals surface area contributed by atoms with Crippen LogP contribution in [-0.4, -0.2) is 53.5 Å². The van der Waals surface area contributed by atoms with Crippen molar-refractivity contribution in [3.05, 3.63) is 36.7 Å². The fraction of sp³-hybridized carbons (Fsp3) is 0.632. The van der Waals surface area contributed by atoms with Crippen LogP contribution in [-0.2, 0) is 28.4 Å². The number of unbranched alkanes of at least 4 members (excludes halogenated alkanes) is 1. The molecule has 1 aromatic rings. The van der Waals surface area contributed by atoms with Crippen molar-refractivity contribution in [1.82, 2.24) is 13.8 Å². The lowest BCUT2D eigenvalue weighted by Crippen LogP contribution is -2.44. The van der Waals surface area contributed by atoms with Gasteiger partial charge in [0.1, 0.15) is 0 Å². The number of hydrogen-bond acceptors (Lipinski definition) is 3. The maximum atomic E-state index is 12.9. The Morgan fingerprint density at radius 3 is 2.58 bits per heavy atom. The van der Waals surface area contributed by atoms with Crippen molar-refractivity contribution in [3.63, 3.8) is 0 Å². The van der Waals surface area contributed by atoms with Gasteiger partial charge in [-0.2, -0.15) is 4.31 Å². The molecule has 0 aliphatic rings. The molecule has 1 rings (SSSR count). The molecule has 0 bridgehead atoms. The minimum absolute atomic E-state index is 0.0621. The third-order valence-electron chi connectivity index (χ3n) is 4.14. The van der Waals surface area contributed by atoms with Crippen LogP contribution < -0.4 is 0 Å². The van der Waals surface area contributed by atoms with Gasteiger partial charge < -0.3 is 9.47 Å². The lowest BCUT2D eigenvalue weighted by atomic mass is 10.2. The second-order valence-electron chi connectivity index (χ2n) is 7.03. The van der Waals surface area contributed by atoms with E-state index in [0.29, 0.717) is 25.4 Å². The maximum Gasteiger partial charge on any atom is 0.238 e. The van der Waals surface area contributed by atoms with Crippen LogP contribution in [0.3, 0.4) is 0 Å². The van der Waals surface area contributed by atoms with Crippen LogP contribution in [0.2, 0.25) is 0 Å². The first-order valence-corrected chi connectivity index (χ1v) is 10.8. The van der Waals surface area contributed by atoms with E-state index < -0.39 is 10.0 Å². The van der Waals surface area contributed by atoms with Crippen molar-refractivity contribution in [2.75, 3.05) is 25.4 Å². The van der Waals surface area contributed by atoms with Crippen LogP contribution in [0.25, 0.3) is 0 Å². The summed E-state index contributed by atoms with van der Waals surface area (Å²) < 4.78 is 28.3. The molecule has 0 saturated carbocycles. The minimum atomic E-state index is -3.46. The van der Waals surface area contributed by atoms with Crippen LogP contribution in [0.1, 0.15) is 39.3 Å². The summed E-state index contributed by atoms with van der Waals surface area (Å²) in [6.07, 6.45) is 4.85. The van der Waals surface area contributed by atoms with Crippen LogP contribution in [0.5, 0.6) is 0 Å². The van der Waals surface area contributed by atoms with Crippen molar-refractivity contribution >= 4 is 15.9 Å². The zero-order valence-electron chi connectivity index (χ0n) is 16.5. The van der Waals surface area contributed by atoms with Crippen molar-refractivity contribution < 1.29 is 13.2 Å². The highest BCUT2D eigenvalue weighted by Gasteiger charge is 2.26. The van der Waals surface area contributed by atoms with Gasteiger partial charge in [-0.3, -0.25) is 4.79 Å². The van der Waals surface area contributed by atoms with Gasteiger partial charge in [-0.05, 0) is 24.5 Å². The number of aromatic nitrogens is 1. The van der Waals surface area contributed by atoms with Gasteiger partial charge in [0.05, 0.1) is 18.8 Å². The lowest BCUT2D eigenvalue weighted by Gasteiger charge is -2.28. The van der Waals surface area contributed by atoms with Gasteiger partial charge in [0.15, 0.2) is 0 Å². The normalized spacial score (nSPS) is 11.9. The minimum Gasteiger partial charge on any atom is -0.353 e. The smallest absolute Gasteiger partial charge is 0.238 e. The molecule has 7 heteroatoms. The van der Waals surface area contributed by atoms with Gasteiger partial charge in [0.25, 0.3) is 0 Å². The predicted octanol–water partition coefficient (Wildman–Crippen LogP) is 2.63. The highest BCUT2D eigenvalue weighted by Crippen LogP contribution is 2.11. The Balaban J connectivity index is 2.93. The summed E-state index contributed by atoms with van der Waals surface area (Å²) in [5.41, 5.74) is 1.02. The van der Waals surface area contributed by atoms with Crippen LogP contribution >= 0.6 is 0 Å². The first-order chi connectivity index (χ1) is 12.2. The summed E-state index contributed by atoms with van der Waals surface area (Å²) >= 11 is 0. The third kappa shape index (κ3) is 6.96. The van der Waals surface area contributed by atoms with E-state index in [4.69, 9.17) is 0 Å². The summed E-state index contributed by atoms with van der Waals surface area (Å²) in [5.74, 6) is 0.178. The maximum absolute atomic E-state index is 12.9. The van der Waals surface area contributed by atoms with E-state index in [9.17, 15) is 13.2 Å². The first kappa shape index (κ1) is 22.4. The van der Waals surface area contributed by atoms with Crippen molar-refractivity contribution in [2.24, 2.45) is 13.0 Å². The molecular weight excluding hydrogens is 350 g/mol. The summed E-state index contributed by atoms with van der Waals surface area (Å²) in [4.78, 5) is 14.6. The van der Waals surface area contributed by atoms with Gasteiger partial charge in [0.2, 0.25) is 15.9 Å². The van der Waals surface area contributed by atoms with Gasteiger partial charge >= 0.3 is 0 Å². The number of nitrogens with zero attached hydrogens (tertiary/aromatic N) is 3. The Kier molecular flexibility index (Phi) is 9.08. The molecule has 1 heterocycles. The molecule has 0 N–H and O–H groups in total. The molecule has 1 amide bonds. The number of sulfonamides is 1. The molecule has 0 aromatic carbocycles. The number of carbonyl (C=O) groups is 1. The Labute approximate surface area is 158 Å². The SMILES string of the molecule is C=CCN(CC(=O)N(Cc1cccn1C)CC(C)C)S(=O)(=O)CCCC. The predicted molar refractivity (Wildman–Crippen MR) is 106 cm³/mol. The third-order valence-corrected chi connectivity index (χ3v) is 6.01. The number of rotatable bonds is 12. The van der Waals surface area contributed by atoms with Gasteiger partial charge in [-0.1, -0.05) is 33.3 Å². The summed E-state index contributed by atoms with van der Waals surface area (Å²) in [5, 5.41) is 0. The summed E-state index contributed by atoms with van der Waals surface area (Å²) in [6, 6.07) is 3.91. The van der Waals surface area contributed by atoms with E-state index in [1.54, 1.807) is 4.90 Å². The number of aryl methyl sites for hydroxylation is 1. The fourth-order valence-corrected chi connectivity index (χ4v) is 4.23. The van der Waals surface area contributed by atoms with E-state index in [1.807, 2.05) is 50.7 Å². The molecule has 0 aliphatic carbocycles. The van der Waals surface area contributed by atoms with Crippen LogP contribution in [0.4, 0.5) is 0 Å². The molecule has 0 unspecified atom stereocenters. The van der Waals surface area contributed by atoms with E-state index in [1.165, 1.54) is 10.4 Å². The molecule has 0 atom stereocenters. The highest BCUT2D eigenvalue weighted by molar-refractivity contribution is 7.89. The van der Waals surface area contributed by atoms with Gasteiger partial charge in [-0.25, -0.2) is 8.42 Å². The number of amides is 1. The quantitative estimate of drug-likeness (QED) is 0.521. The zero-order valence-corrected chi connectivity index (χ0v) is 17.3. The number of hydrogen-bond donors (Lipinski definition) is 0. The molecule has 1 aromatic heterocycles. The highest BCUT2D eigenvalue weighted by atomic mass is 32.2. The Hall–Kier alpha value is -1.60. The zero-order chi connectivity index (χ0) is 19.7. The second kappa shape index (κ2) is 10.5. The summed E-state index contributed by atoms with van der Waals surface area (Å²) in [7, 11) is -1.53. The molecule has 26 heavy (non-hydrogen) atoms. The van der Waals surface area contributed by atoms with Crippen LogP contribution in [0, 0.1) is 5.92 Å². The first-order valence-electron chi connectivity index (χ1n) is 9.18. The van der Waals surface area contributed by atoms with Gasteiger partial charge in [-0.15, -0.1) is 6.58 Å². The second-order valence-corrected chi connectivity index (χ2v) is 9.12. The monoisotopic (exact) mass is 383 g/mol. The average molecular weight is 384 g/mol. The number of carbonyl (C=O) groups excluding carboxylic acids is 1. The average Bonchev–Trinajstić information content (AvgIpc) is 2.96. The van der Waals surface area contributed by atoms with Crippen molar-refractivity contribution in [1.29, 1.82) is 0 Å². The van der Waals surface area contributed by atoms with E-state index in [0.717, 1.165) is 12.1 Å². The topological polar surface area (TPSA) is 62.6 Å². The lowest BCUT2D eigenvalue weighted by molar-refractivity contribution is -0.132. The molecule has 0 aliphatic heterocycles. The standard InChI is InChI=1S/C19H33N3O3S/c1-6-8-13-26(24,25)22(11-7-2)16-19(23)21(14-17(3)4)15-18-10-9-12-20(18)5/h7,9-10,12,17H,2,6,8,11,13-16H2,1,3-5H3. The molecular formula is C19H33N3O3S. The molecule has 148 valence electrons. The molecule has 0 saturated heterocycles. The largest absolute Gasteiger partial charge is 0.353 e. The molecule has 0 spiro atoms. The molecule has 0 fully saturated rings. The molecule has 0 radical (unpaired) electrons. The van der Waals surface area contributed by atoms with Crippen LogP contribution in [0.15, 0.2) is 31.0 Å². The Morgan fingerprint density at radius 1 is 1.38 bits per heavy atom.